The van der Waals surface area contributed by atoms with Crippen molar-refractivity contribution in [1.29, 1.82) is 0 Å². The molecule has 2 rings (SSSR count). The standard InChI is InChI=1S/C17H27N3O3S2/c1-14-6-8-16(9-7-14)24-12-10-18-17(21)15-5-4-11-20(13-15)25(22,23)19(2)3/h6-9,15H,4-5,10-13H2,1-3H3,(H,18,21)/t15-/m0/s1. The summed E-state index contributed by atoms with van der Waals surface area (Å²) in [6.07, 6.45) is 1.44. The summed E-state index contributed by atoms with van der Waals surface area (Å²) in [6, 6.07) is 8.30. The summed E-state index contributed by atoms with van der Waals surface area (Å²) in [7, 11) is -0.418. The SMILES string of the molecule is Cc1ccc(SCCNC(=O)[C@H]2CCCN(S(=O)(=O)N(C)C)C2)cc1. The van der Waals surface area contributed by atoms with Crippen LogP contribution in [0, 0.1) is 12.8 Å². The first-order valence-electron chi connectivity index (χ1n) is 8.45. The molecule has 8 heteroatoms. The molecule has 0 aromatic heterocycles. The number of nitrogens with one attached hydrogen (secondary N) is 1. The third-order valence-electron chi connectivity index (χ3n) is 4.23. The number of benzene rings is 1. The van der Waals surface area contributed by atoms with Gasteiger partial charge < -0.3 is 5.32 Å². The zero-order chi connectivity index (χ0) is 18.4. The number of piperidine rings is 1. The second kappa shape index (κ2) is 9.02. The average Bonchev–Trinajstić information content (AvgIpc) is 2.60. The first kappa shape index (κ1) is 20.2. The molecule has 1 aliphatic heterocycles. The van der Waals surface area contributed by atoms with Crippen LogP contribution in [-0.4, -0.2) is 62.4 Å². The molecule has 140 valence electrons. The lowest BCUT2D eigenvalue weighted by Gasteiger charge is -2.32. The summed E-state index contributed by atoms with van der Waals surface area (Å²) >= 11 is 1.70. The van der Waals surface area contributed by atoms with Crippen LogP contribution in [0.3, 0.4) is 0 Å². The topological polar surface area (TPSA) is 69.7 Å². The molecule has 0 spiro atoms. The molecule has 1 saturated heterocycles. The molecule has 1 N–H and O–H groups in total. The minimum Gasteiger partial charge on any atom is -0.355 e. The molecular weight excluding hydrogens is 358 g/mol. The third kappa shape index (κ3) is 5.70. The van der Waals surface area contributed by atoms with Crippen molar-refractivity contribution < 1.29 is 13.2 Å². The molecular formula is C17H27N3O3S2. The van der Waals surface area contributed by atoms with Crippen molar-refractivity contribution >= 4 is 27.9 Å². The summed E-state index contributed by atoms with van der Waals surface area (Å²) in [4.78, 5) is 13.5. The first-order chi connectivity index (χ1) is 11.8. The van der Waals surface area contributed by atoms with Gasteiger partial charge in [0.1, 0.15) is 0 Å². The normalized spacial score (nSPS) is 19.1. The molecule has 0 unspecified atom stereocenters. The van der Waals surface area contributed by atoms with E-state index >= 15 is 0 Å². The number of nitrogens with zero attached hydrogens (tertiary/aromatic N) is 2. The highest BCUT2D eigenvalue weighted by Gasteiger charge is 2.33. The quantitative estimate of drug-likeness (QED) is 0.573. The Bertz CT molecular complexity index is 675. The summed E-state index contributed by atoms with van der Waals surface area (Å²) in [5.74, 6) is 0.470. The van der Waals surface area contributed by atoms with Crippen molar-refractivity contribution in [3.63, 3.8) is 0 Å². The fraction of sp³-hybridized carbons (Fsp3) is 0.588. The number of carbonyl (C=O) groups excluding carboxylic acids is 1. The van der Waals surface area contributed by atoms with Gasteiger partial charge in [-0.2, -0.15) is 17.0 Å². The van der Waals surface area contributed by atoms with Crippen molar-refractivity contribution in [2.24, 2.45) is 5.92 Å². The fourth-order valence-electron chi connectivity index (χ4n) is 2.72. The Morgan fingerprint density at radius 3 is 2.64 bits per heavy atom. The number of thioether (sulfide) groups is 1. The van der Waals surface area contributed by atoms with Crippen LogP contribution in [0.15, 0.2) is 29.2 Å². The number of amides is 1. The second-order valence-corrected chi connectivity index (χ2v) is 9.75. The van der Waals surface area contributed by atoms with E-state index in [9.17, 15) is 13.2 Å². The van der Waals surface area contributed by atoms with Crippen LogP contribution in [0.1, 0.15) is 18.4 Å². The van der Waals surface area contributed by atoms with Gasteiger partial charge in [0.05, 0.1) is 5.92 Å². The maximum atomic E-state index is 12.3. The number of hydrogen-bond donors (Lipinski definition) is 1. The van der Waals surface area contributed by atoms with Crippen LogP contribution in [0.5, 0.6) is 0 Å². The summed E-state index contributed by atoms with van der Waals surface area (Å²) in [6.45, 7) is 3.37. The van der Waals surface area contributed by atoms with Gasteiger partial charge in [0.25, 0.3) is 10.2 Å². The highest BCUT2D eigenvalue weighted by atomic mass is 32.2. The highest BCUT2D eigenvalue weighted by Crippen LogP contribution is 2.21. The van der Waals surface area contributed by atoms with Crippen LogP contribution in [0.2, 0.25) is 0 Å². The molecule has 1 atom stereocenters. The molecule has 0 aliphatic carbocycles. The van der Waals surface area contributed by atoms with Gasteiger partial charge in [-0.25, -0.2) is 0 Å². The zero-order valence-corrected chi connectivity index (χ0v) is 16.7. The Labute approximate surface area is 155 Å². The van der Waals surface area contributed by atoms with Crippen molar-refractivity contribution in [1.82, 2.24) is 13.9 Å². The van der Waals surface area contributed by atoms with E-state index in [2.05, 4.69) is 36.5 Å². The van der Waals surface area contributed by atoms with Crippen LogP contribution in [0.4, 0.5) is 0 Å². The Kier molecular flexibility index (Phi) is 7.30. The Morgan fingerprint density at radius 1 is 1.32 bits per heavy atom. The van der Waals surface area contributed by atoms with Gasteiger partial charge in [-0.15, -0.1) is 11.8 Å². The number of hydrogen-bond acceptors (Lipinski definition) is 4. The summed E-state index contributed by atoms with van der Waals surface area (Å²) in [5, 5.41) is 2.94. The van der Waals surface area contributed by atoms with Crippen molar-refractivity contribution in [3.8, 4) is 0 Å². The molecule has 1 aliphatic rings. The molecule has 6 nitrogen and oxygen atoms in total. The first-order valence-corrected chi connectivity index (χ1v) is 10.8. The van der Waals surface area contributed by atoms with Crippen LogP contribution in [0.25, 0.3) is 0 Å². The summed E-state index contributed by atoms with van der Waals surface area (Å²) < 4.78 is 27.0. The lowest BCUT2D eigenvalue weighted by molar-refractivity contribution is -0.125. The lowest BCUT2D eigenvalue weighted by atomic mass is 9.99. The summed E-state index contributed by atoms with van der Waals surface area (Å²) in [5.41, 5.74) is 1.23. The zero-order valence-electron chi connectivity index (χ0n) is 15.1. The molecule has 0 radical (unpaired) electrons. The third-order valence-corrected chi connectivity index (χ3v) is 7.15. The molecule has 1 aromatic carbocycles. The molecule has 1 aromatic rings. The molecule has 1 heterocycles. The predicted molar refractivity (Wildman–Crippen MR) is 102 cm³/mol. The van der Waals surface area contributed by atoms with Gasteiger partial charge in [0, 0.05) is 44.4 Å². The van der Waals surface area contributed by atoms with Gasteiger partial charge in [0.15, 0.2) is 0 Å². The van der Waals surface area contributed by atoms with Crippen molar-refractivity contribution in [2.45, 2.75) is 24.7 Å². The van der Waals surface area contributed by atoms with E-state index in [-0.39, 0.29) is 18.4 Å². The molecule has 25 heavy (non-hydrogen) atoms. The van der Waals surface area contributed by atoms with Crippen LogP contribution >= 0.6 is 11.8 Å². The smallest absolute Gasteiger partial charge is 0.281 e. The molecule has 1 fully saturated rings. The Morgan fingerprint density at radius 2 is 2.00 bits per heavy atom. The predicted octanol–water partition coefficient (Wildman–Crippen LogP) is 1.72. The van der Waals surface area contributed by atoms with E-state index < -0.39 is 10.2 Å². The van der Waals surface area contributed by atoms with Crippen LogP contribution in [-0.2, 0) is 15.0 Å². The van der Waals surface area contributed by atoms with Gasteiger partial charge in [-0.1, -0.05) is 17.7 Å². The average molecular weight is 386 g/mol. The fourth-order valence-corrected chi connectivity index (χ4v) is 4.68. The van der Waals surface area contributed by atoms with Gasteiger partial charge in [0.2, 0.25) is 5.91 Å². The number of rotatable bonds is 7. The molecule has 0 saturated carbocycles. The Balaban J connectivity index is 1.77. The van der Waals surface area contributed by atoms with E-state index in [0.29, 0.717) is 19.5 Å². The lowest BCUT2D eigenvalue weighted by Crippen LogP contribution is -2.49. The largest absolute Gasteiger partial charge is 0.355 e. The van der Waals surface area contributed by atoms with E-state index in [1.165, 1.54) is 33.2 Å². The second-order valence-electron chi connectivity index (χ2n) is 6.44. The maximum absolute atomic E-state index is 12.3. The molecule has 0 bridgehead atoms. The van der Waals surface area contributed by atoms with E-state index in [0.717, 1.165) is 12.2 Å². The van der Waals surface area contributed by atoms with Crippen LogP contribution < -0.4 is 5.32 Å². The maximum Gasteiger partial charge on any atom is 0.281 e. The highest BCUT2D eigenvalue weighted by molar-refractivity contribution is 7.99. The van der Waals surface area contributed by atoms with E-state index in [4.69, 9.17) is 0 Å². The minimum atomic E-state index is -3.45. The van der Waals surface area contributed by atoms with Gasteiger partial charge >= 0.3 is 0 Å². The number of carbonyl (C=O) groups is 1. The monoisotopic (exact) mass is 385 g/mol. The van der Waals surface area contributed by atoms with E-state index in [1.54, 1.807) is 11.8 Å². The Hall–Kier alpha value is -1.09. The van der Waals surface area contributed by atoms with Gasteiger partial charge in [-0.05, 0) is 31.9 Å². The molecule has 1 amide bonds. The number of aryl methyl sites for hydroxylation is 1. The van der Waals surface area contributed by atoms with Gasteiger partial charge in [-0.3, -0.25) is 4.79 Å². The van der Waals surface area contributed by atoms with E-state index in [1.807, 2.05) is 0 Å². The van der Waals surface area contributed by atoms with Crippen molar-refractivity contribution in [3.05, 3.63) is 29.8 Å². The minimum absolute atomic E-state index is 0.0526. The van der Waals surface area contributed by atoms with Crippen molar-refractivity contribution in [2.75, 3.05) is 39.5 Å².